The number of piperazine rings is 1. The minimum absolute atomic E-state index is 0.0637. The number of amides is 1. The zero-order valence-corrected chi connectivity index (χ0v) is 13.9. The third-order valence-corrected chi connectivity index (χ3v) is 5.45. The highest BCUT2D eigenvalue weighted by Gasteiger charge is 2.43. The van der Waals surface area contributed by atoms with Gasteiger partial charge in [-0.3, -0.25) is 9.69 Å². The standard InChI is InChI=1S/C17H24N4O2/c1-11-16(12(2)19-10-18-11)17(22)20-5-6-21-14(7-20)8-23-9-15(21)13-3-4-13/h10,13-15H,3-9H2,1-2H3/t14-,15-/m1/s1. The van der Waals surface area contributed by atoms with E-state index < -0.39 is 0 Å². The molecule has 1 aromatic rings. The molecule has 1 saturated carbocycles. The van der Waals surface area contributed by atoms with Crippen molar-refractivity contribution >= 4 is 5.91 Å². The summed E-state index contributed by atoms with van der Waals surface area (Å²) in [7, 11) is 0. The van der Waals surface area contributed by atoms with Gasteiger partial charge in [-0.15, -0.1) is 0 Å². The fourth-order valence-electron chi connectivity index (χ4n) is 4.01. The summed E-state index contributed by atoms with van der Waals surface area (Å²) in [6.07, 6.45) is 4.19. The average Bonchev–Trinajstić information content (AvgIpc) is 3.38. The molecular formula is C17H24N4O2. The maximum absolute atomic E-state index is 12.9. The van der Waals surface area contributed by atoms with Gasteiger partial charge >= 0.3 is 0 Å². The number of carbonyl (C=O) groups is 1. The van der Waals surface area contributed by atoms with Gasteiger partial charge in [0.05, 0.1) is 36.2 Å². The summed E-state index contributed by atoms with van der Waals surface area (Å²) in [6, 6.07) is 0.895. The summed E-state index contributed by atoms with van der Waals surface area (Å²) in [5.41, 5.74) is 2.19. The lowest BCUT2D eigenvalue weighted by molar-refractivity contribution is -0.0816. The molecule has 6 heteroatoms. The Kier molecular flexibility index (Phi) is 3.81. The Morgan fingerprint density at radius 2 is 1.91 bits per heavy atom. The van der Waals surface area contributed by atoms with Crippen LogP contribution in [-0.4, -0.2) is 70.6 Å². The Morgan fingerprint density at radius 1 is 1.17 bits per heavy atom. The number of hydrogen-bond acceptors (Lipinski definition) is 5. The van der Waals surface area contributed by atoms with Crippen molar-refractivity contribution in [2.45, 2.75) is 38.8 Å². The predicted octanol–water partition coefficient (Wildman–Crippen LogP) is 1.03. The average molecular weight is 316 g/mol. The van der Waals surface area contributed by atoms with E-state index in [0.717, 1.165) is 50.2 Å². The minimum Gasteiger partial charge on any atom is -0.378 e. The highest BCUT2D eigenvalue weighted by molar-refractivity contribution is 5.96. The van der Waals surface area contributed by atoms with Crippen LogP contribution in [0.25, 0.3) is 0 Å². The highest BCUT2D eigenvalue weighted by Crippen LogP contribution is 2.38. The second-order valence-electron chi connectivity index (χ2n) is 7.00. The van der Waals surface area contributed by atoms with Crippen LogP contribution in [0.4, 0.5) is 0 Å². The largest absolute Gasteiger partial charge is 0.378 e. The molecule has 2 aliphatic heterocycles. The van der Waals surface area contributed by atoms with E-state index in [1.165, 1.54) is 19.2 Å². The van der Waals surface area contributed by atoms with Gasteiger partial charge in [-0.05, 0) is 32.6 Å². The van der Waals surface area contributed by atoms with E-state index in [1.54, 1.807) is 0 Å². The molecular weight excluding hydrogens is 292 g/mol. The van der Waals surface area contributed by atoms with Crippen LogP contribution in [0.5, 0.6) is 0 Å². The zero-order chi connectivity index (χ0) is 16.0. The van der Waals surface area contributed by atoms with Crippen molar-refractivity contribution in [3.05, 3.63) is 23.3 Å². The highest BCUT2D eigenvalue weighted by atomic mass is 16.5. The van der Waals surface area contributed by atoms with Crippen molar-refractivity contribution in [3.63, 3.8) is 0 Å². The third kappa shape index (κ3) is 2.74. The van der Waals surface area contributed by atoms with Crippen molar-refractivity contribution in [3.8, 4) is 0 Å². The molecule has 0 spiro atoms. The first-order valence-electron chi connectivity index (χ1n) is 8.56. The summed E-state index contributed by atoms with van der Waals surface area (Å²) >= 11 is 0. The van der Waals surface area contributed by atoms with Crippen LogP contribution < -0.4 is 0 Å². The second-order valence-corrected chi connectivity index (χ2v) is 7.00. The van der Waals surface area contributed by atoms with Gasteiger partial charge in [0.2, 0.25) is 0 Å². The Hall–Kier alpha value is -1.53. The van der Waals surface area contributed by atoms with Gasteiger partial charge in [0.25, 0.3) is 5.91 Å². The van der Waals surface area contributed by atoms with Crippen molar-refractivity contribution in [2.24, 2.45) is 5.92 Å². The van der Waals surface area contributed by atoms with Crippen molar-refractivity contribution in [2.75, 3.05) is 32.8 Å². The molecule has 0 aromatic carbocycles. The van der Waals surface area contributed by atoms with Crippen LogP contribution >= 0.6 is 0 Å². The number of hydrogen-bond donors (Lipinski definition) is 0. The normalized spacial score (nSPS) is 28.5. The van der Waals surface area contributed by atoms with E-state index >= 15 is 0 Å². The number of ether oxygens (including phenoxy) is 1. The molecule has 0 N–H and O–H groups in total. The maximum Gasteiger partial charge on any atom is 0.257 e. The molecule has 23 heavy (non-hydrogen) atoms. The lowest BCUT2D eigenvalue weighted by Crippen LogP contribution is -2.63. The molecule has 4 rings (SSSR count). The Labute approximate surface area is 136 Å². The fraction of sp³-hybridized carbons (Fsp3) is 0.706. The second kappa shape index (κ2) is 5.83. The number of rotatable bonds is 2. The summed E-state index contributed by atoms with van der Waals surface area (Å²) in [5.74, 6) is 0.876. The first-order chi connectivity index (χ1) is 11.1. The van der Waals surface area contributed by atoms with Gasteiger partial charge < -0.3 is 9.64 Å². The number of aryl methyl sites for hydroxylation is 2. The van der Waals surface area contributed by atoms with Crippen LogP contribution in [-0.2, 0) is 4.74 Å². The number of nitrogens with zero attached hydrogens (tertiary/aromatic N) is 4. The van der Waals surface area contributed by atoms with Crippen LogP contribution in [0.3, 0.4) is 0 Å². The zero-order valence-electron chi connectivity index (χ0n) is 13.9. The van der Waals surface area contributed by atoms with Gasteiger partial charge in [-0.25, -0.2) is 9.97 Å². The molecule has 1 amide bonds. The number of carbonyl (C=O) groups excluding carboxylic acids is 1. The Morgan fingerprint density at radius 3 is 2.61 bits per heavy atom. The lowest BCUT2D eigenvalue weighted by atomic mass is 10.0. The summed E-state index contributed by atoms with van der Waals surface area (Å²) in [5, 5.41) is 0. The molecule has 0 bridgehead atoms. The van der Waals surface area contributed by atoms with E-state index in [0.29, 0.717) is 17.6 Å². The number of aromatic nitrogens is 2. The smallest absolute Gasteiger partial charge is 0.257 e. The Bertz CT molecular complexity index is 596. The number of fused-ring (bicyclic) bond motifs is 1. The van der Waals surface area contributed by atoms with E-state index in [-0.39, 0.29) is 5.91 Å². The van der Waals surface area contributed by atoms with Gasteiger partial charge in [-0.2, -0.15) is 0 Å². The van der Waals surface area contributed by atoms with E-state index in [4.69, 9.17) is 4.74 Å². The molecule has 3 heterocycles. The molecule has 3 aliphatic rings. The minimum atomic E-state index is 0.0637. The van der Waals surface area contributed by atoms with Gasteiger partial charge in [-0.1, -0.05) is 0 Å². The van der Waals surface area contributed by atoms with Crippen molar-refractivity contribution in [1.29, 1.82) is 0 Å². The van der Waals surface area contributed by atoms with Crippen molar-refractivity contribution in [1.82, 2.24) is 19.8 Å². The molecule has 124 valence electrons. The molecule has 1 aromatic heterocycles. The number of morpholine rings is 1. The van der Waals surface area contributed by atoms with E-state index in [1.807, 2.05) is 18.7 Å². The summed E-state index contributed by atoms with van der Waals surface area (Å²) in [6.45, 7) is 7.83. The van der Waals surface area contributed by atoms with Gasteiger partial charge in [0.15, 0.2) is 0 Å². The quantitative estimate of drug-likeness (QED) is 0.815. The van der Waals surface area contributed by atoms with Crippen LogP contribution in [0.1, 0.15) is 34.6 Å². The third-order valence-electron chi connectivity index (χ3n) is 5.45. The monoisotopic (exact) mass is 316 g/mol. The fourth-order valence-corrected chi connectivity index (χ4v) is 4.01. The molecule has 2 saturated heterocycles. The summed E-state index contributed by atoms with van der Waals surface area (Å²) < 4.78 is 5.83. The lowest BCUT2D eigenvalue weighted by Gasteiger charge is -2.48. The first-order valence-corrected chi connectivity index (χ1v) is 8.56. The summed E-state index contributed by atoms with van der Waals surface area (Å²) in [4.78, 5) is 25.9. The van der Waals surface area contributed by atoms with Crippen LogP contribution in [0, 0.1) is 19.8 Å². The van der Waals surface area contributed by atoms with Gasteiger partial charge in [0.1, 0.15) is 6.33 Å². The molecule has 0 radical (unpaired) electrons. The van der Waals surface area contributed by atoms with E-state index in [9.17, 15) is 4.79 Å². The predicted molar refractivity (Wildman–Crippen MR) is 85.2 cm³/mol. The van der Waals surface area contributed by atoms with Gasteiger partial charge in [0, 0.05) is 25.7 Å². The maximum atomic E-state index is 12.9. The van der Waals surface area contributed by atoms with Crippen molar-refractivity contribution < 1.29 is 9.53 Å². The SMILES string of the molecule is Cc1ncnc(C)c1C(=O)N1CCN2[C@@H](COC[C@@H]2C2CC2)C1. The van der Waals surface area contributed by atoms with Crippen LogP contribution in [0.2, 0.25) is 0 Å². The Balaban J connectivity index is 1.50. The topological polar surface area (TPSA) is 58.6 Å². The van der Waals surface area contributed by atoms with E-state index in [2.05, 4.69) is 14.9 Å². The molecule has 3 fully saturated rings. The molecule has 1 aliphatic carbocycles. The van der Waals surface area contributed by atoms with Crippen LogP contribution in [0.15, 0.2) is 6.33 Å². The molecule has 0 unspecified atom stereocenters. The molecule has 6 nitrogen and oxygen atoms in total. The first kappa shape index (κ1) is 15.0. The molecule has 2 atom stereocenters.